The Labute approximate surface area is 125 Å². The van der Waals surface area contributed by atoms with Crippen molar-refractivity contribution in [1.82, 2.24) is 15.2 Å². The van der Waals surface area contributed by atoms with Crippen LogP contribution in [0.2, 0.25) is 0 Å². The molecule has 0 saturated heterocycles. The first-order valence-electron chi connectivity index (χ1n) is 7.50. The molecular formula is C16H24FN3O. The predicted molar refractivity (Wildman–Crippen MR) is 80.6 cm³/mol. The zero-order chi connectivity index (χ0) is 15.5. The van der Waals surface area contributed by atoms with E-state index >= 15 is 0 Å². The number of carbonyl (C=O) groups is 1. The molecule has 0 aromatic carbocycles. The van der Waals surface area contributed by atoms with Gasteiger partial charge in [-0.1, -0.05) is 19.8 Å². The van der Waals surface area contributed by atoms with Crippen LogP contribution in [0.5, 0.6) is 0 Å². The highest BCUT2D eigenvalue weighted by Crippen LogP contribution is 2.35. The van der Waals surface area contributed by atoms with E-state index in [2.05, 4.69) is 36.2 Å². The molecule has 1 aliphatic rings. The molecule has 0 aliphatic heterocycles. The number of pyridine rings is 1. The van der Waals surface area contributed by atoms with Crippen LogP contribution >= 0.6 is 0 Å². The quantitative estimate of drug-likeness (QED) is 0.867. The summed E-state index contributed by atoms with van der Waals surface area (Å²) in [6.07, 6.45) is 5.90. The number of rotatable bonds is 4. The van der Waals surface area contributed by atoms with Gasteiger partial charge in [0.15, 0.2) is 0 Å². The fourth-order valence-electron chi connectivity index (χ4n) is 3.25. The zero-order valence-electron chi connectivity index (χ0n) is 13.0. The molecule has 2 atom stereocenters. The van der Waals surface area contributed by atoms with Crippen molar-refractivity contribution in [3.05, 3.63) is 29.8 Å². The maximum Gasteiger partial charge on any atom is 0.251 e. The van der Waals surface area contributed by atoms with E-state index in [0.29, 0.717) is 18.0 Å². The molecule has 1 aliphatic carbocycles. The molecule has 2 rings (SSSR count). The van der Waals surface area contributed by atoms with Crippen molar-refractivity contribution in [1.29, 1.82) is 0 Å². The molecule has 0 bridgehead atoms. The van der Waals surface area contributed by atoms with E-state index in [9.17, 15) is 9.18 Å². The molecule has 4 nitrogen and oxygen atoms in total. The van der Waals surface area contributed by atoms with Gasteiger partial charge in [0.1, 0.15) is 0 Å². The third kappa shape index (κ3) is 3.79. The molecule has 1 N–H and O–H groups in total. The van der Waals surface area contributed by atoms with E-state index < -0.39 is 5.95 Å². The van der Waals surface area contributed by atoms with Crippen LogP contribution in [0.1, 0.15) is 43.0 Å². The van der Waals surface area contributed by atoms with Crippen molar-refractivity contribution >= 4 is 5.91 Å². The maximum atomic E-state index is 13.1. The highest BCUT2D eigenvalue weighted by Gasteiger charge is 2.37. The number of nitrogens with one attached hydrogen (secondary N) is 1. The number of hydrogen-bond donors (Lipinski definition) is 1. The van der Waals surface area contributed by atoms with Crippen LogP contribution in [0.15, 0.2) is 18.3 Å². The second-order valence-electron chi connectivity index (χ2n) is 6.37. The van der Waals surface area contributed by atoms with E-state index in [1.54, 1.807) is 0 Å². The van der Waals surface area contributed by atoms with Crippen LogP contribution in [0, 0.1) is 11.9 Å². The highest BCUT2D eigenvalue weighted by molar-refractivity contribution is 5.94. The Hall–Kier alpha value is -1.49. The van der Waals surface area contributed by atoms with E-state index in [0.717, 1.165) is 12.8 Å². The lowest BCUT2D eigenvalue weighted by Crippen LogP contribution is -2.55. The number of amides is 1. The Kier molecular flexibility index (Phi) is 4.93. The van der Waals surface area contributed by atoms with Gasteiger partial charge in [0.05, 0.1) is 0 Å². The van der Waals surface area contributed by atoms with Gasteiger partial charge in [0.25, 0.3) is 5.91 Å². The molecule has 0 radical (unpaired) electrons. The number of carbonyl (C=O) groups excluding carboxylic acids is 1. The van der Waals surface area contributed by atoms with Crippen molar-refractivity contribution in [2.45, 2.75) is 38.1 Å². The van der Waals surface area contributed by atoms with Gasteiger partial charge >= 0.3 is 0 Å². The fraction of sp³-hybridized carbons (Fsp3) is 0.625. The summed E-state index contributed by atoms with van der Waals surface area (Å²) in [7, 11) is 4.13. The van der Waals surface area contributed by atoms with Crippen molar-refractivity contribution in [3.8, 4) is 0 Å². The van der Waals surface area contributed by atoms with Crippen molar-refractivity contribution in [2.24, 2.45) is 5.92 Å². The zero-order valence-corrected chi connectivity index (χ0v) is 13.0. The molecule has 116 valence electrons. The SMILES string of the molecule is CC1CCCC(CNC(=O)c2ccnc(F)c2)(N(C)C)C1. The first kappa shape index (κ1) is 15.9. The predicted octanol–water partition coefficient (Wildman–Crippen LogP) is 2.46. The van der Waals surface area contributed by atoms with Crippen LogP contribution in [-0.2, 0) is 0 Å². The Balaban J connectivity index is 2.03. The van der Waals surface area contributed by atoms with Gasteiger partial charge in [-0.3, -0.25) is 4.79 Å². The minimum atomic E-state index is -0.628. The van der Waals surface area contributed by atoms with Gasteiger partial charge in [-0.25, -0.2) is 4.98 Å². The lowest BCUT2D eigenvalue weighted by atomic mass is 9.75. The van der Waals surface area contributed by atoms with E-state index in [4.69, 9.17) is 0 Å². The van der Waals surface area contributed by atoms with Crippen molar-refractivity contribution in [3.63, 3.8) is 0 Å². The summed E-state index contributed by atoms with van der Waals surface area (Å²) in [5.74, 6) is -0.205. The highest BCUT2D eigenvalue weighted by atomic mass is 19.1. The number of aromatic nitrogens is 1. The minimum Gasteiger partial charge on any atom is -0.350 e. The monoisotopic (exact) mass is 293 g/mol. The second kappa shape index (κ2) is 6.52. The van der Waals surface area contributed by atoms with Gasteiger partial charge < -0.3 is 10.2 Å². The summed E-state index contributed by atoms with van der Waals surface area (Å²) >= 11 is 0. The Morgan fingerprint density at radius 3 is 2.95 bits per heavy atom. The standard InChI is InChI=1S/C16H24FN3O/c1-12-5-4-7-16(10-12,20(2)3)11-19-15(21)13-6-8-18-14(17)9-13/h6,8-9,12H,4-5,7,10-11H2,1-3H3,(H,19,21). The third-order valence-corrected chi connectivity index (χ3v) is 4.58. The molecule has 1 amide bonds. The fourth-order valence-corrected chi connectivity index (χ4v) is 3.25. The van der Waals surface area contributed by atoms with Crippen LogP contribution in [0.4, 0.5) is 4.39 Å². The van der Waals surface area contributed by atoms with E-state index in [1.807, 2.05) is 0 Å². The van der Waals surface area contributed by atoms with Gasteiger partial charge in [-0.15, -0.1) is 0 Å². The molecule has 1 fully saturated rings. The summed E-state index contributed by atoms with van der Waals surface area (Å²) in [4.78, 5) is 17.8. The molecule has 21 heavy (non-hydrogen) atoms. The number of hydrogen-bond acceptors (Lipinski definition) is 3. The first-order chi connectivity index (χ1) is 9.93. The lowest BCUT2D eigenvalue weighted by Gasteiger charge is -2.45. The average molecular weight is 293 g/mol. The molecular weight excluding hydrogens is 269 g/mol. The number of nitrogens with zero attached hydrogens (tertiary/aromatic N) is 2. The number of likely N-dealkylation sites (N-methyl/N-ethyl adjacent to an activating group) is 1. The topological polar surface area (TPSA) is 45.2 Å². The van der Waals surface area contributed by atoms with Crippen LogP contribution in [0.3, 0.4) is 0 Å². The molecule has 1 aromatic heterocycles. The Morgan fingerprint density at radius 1 is 1.57 bits per heavy atom. The van der Waals surface area contributed by atoms with Crippen molar-refractivity contribution < 1.29 is 9.18 Å². The largest absolute Gasteiger partial charge is 0.350 e. The molecule has 1 heterocycles. The summed E-state index contributed by atoms with van der Waals surface area (Å²) in [5.41, 5.74) is 0.319. The molecule has 2 unspecified atom stereocenters. The summed E-state index contributed by atoms with van der Waals surface area (Å²) in [6, 6.07) is 2.70. The van der Waals surface area contributed by atoms with Gasteiger partial charge in [-0.05, 0) is 38.9 Å². The van der Waals surface area contributed by atoms with Crippen LogP contribution in [0.25, 0.3) is 0 Å². The van der Waals surface area contributed by atoms with E-state index in [1.165, 1.54) is 31.2 Å². The molecule has 0 spiro atoms. The van der Waals surface area contributed by atoms with Crippen molar-refractivity contribution in [2.75, 3.05) is 20.6 Å². The molecule has 5 heteroatoms. The van der Waals surface area contributed by atoms with E-state index in [-0.39, 0.29) is 11.4 Å². The Morgan fingerprint density at radius 2 is 2.33 bits per heavy atom. The molecule has 1 aromatic rings. The lowest BCUT2D eigenvalue weighted by molar-refractivity contribution is 0.0675. The average Bonchev–Trinajstić information content (AvgIpc) is 2.44. The second-order valence-corrected chi connectivity index (χ2v) is 6.37. The van der Waals surface area contributed by atoms with Crippen LogP contribution < -0.4 is 5.32 Å². The first-order valence-corrected chi connectivity index (χ1v) is 7.50. The minimum absolute atomic E-state index is 0.00109. The van der Waals surface area contributed by atoms with Crippen LogP contribution in [-0.4, -0.2) is 42.0 Å². The summed E-state index contributed by atoms with van der Waals surface area (Å²) < 4.78 is 13.1. The summed E-state index contributed by atoms with van der Waals surface area (Å²) in [5, 5.41) is 2.96. The number of halogens is 1. The van der Waals surface area contributed by atoms with Gasteiger partial charge in [0.2, 0.25) is 5.95 Å². The third-order valence-electron chi connectivity index (χ3n) is 4.58. The normalized spacial score (nSPS) is 25.9. The summed E-state index contributed by atoms with van der Waals surface area (Å²) in [6.45, 7) is 2.85. The van der Waals surface area contributed by atoms with Gasteiger partial charge in [0, 0.05) is 29.9 Å². The molecule has 1 saturated carbocycles. The Bertz CT molecular complexity index is 506. The maximum absolute atomic E-state index is 13.1. The smallest absolute Gasteiger partial charge is 0.251 e. The van der Waals surface area contributed by atoms with Gasteiger partial charge in [-0.2, -0.15) is 4.39 Å².